The predicted molar refractivity (Wildman–Crippen MR) is 178 cm³/mol. The highest BCUT2D eigenvalue weighted by Crippen LogP contribution is 2.40. The largest absolute Gasteiger partial charge is 0.456 e. The van der Waals surface area contributed by atoms with Crippen LogP contribution in [-0.4, -0.2) is 9.97 Å². The molecule has 0 aliphatic carbocycles. The lowest BCUT2D eigenvalue weighted by Crippen LogP contribution is -1.95. The first-order valence-electron chi connectivity index (χ1n) is 14.5. The fourth-order valence-electron chi connectivity index (χ4n) is 6.40. The number of aromatic nitrogens is 2. The lowest BCUT2D eigenvalue weighted by molar-refractivity contribution is 0.669. The second-order valence-corrected chi connectivity index (χ2v) is 11.0. The summed E-state index contributed by atoms with van der Waals surface area (Å²) in [5.74, 6) is 0.689. The molecule has 9 rings (SSSR count). The Balaban J connectivity index is 1.29. The molecule has 7 aromatic carbocycles. The first kappa shape index (κ1) is 23.9. The van der Waals surface area contributed by atoms with Crippen LogP contribution in [-0.2, 0) is 0 Å². The van der Waals surface area contributed by atoms with Crippen molar-refractivity contribution in [1.82, 2.24) is 9.97 Å². The minimum Gasteiger partial charge on any atom is -0.456 e. The van der Waals surface area contributed by atoms with Crippen LogP contribution in [0.2, 0.25) is 0 Å². The van der Waals surface area contributed by atoms with Gasteiger partial charge in [-0.3, -0.25) is 0 Å². The Labute approximate surface area is 247 Å². The van der Waals surface area contributed by atoms with E-state index in [-0.39, 0.29) is 0 Å². The van der Waals surface area contributed by atoms with E-state index in [0.717, 1.165) is 50.0 Å². The van der Waals surface area contributed by atoms with E-state index >= 15 is 0 Å². The van der Waals surface area contributed by atoms with Gasteiger partial charge in [0.15, 0.2) is 5.82 Å². The summed E-state index contributed by atoms with van der Waals surface area (Å²) < 4.78 is 6.46. The van der Waals surface area contributed by atoms with E-state index in [2.05, 4.69) is 103 Å². The van der Waals surface area contributed by atoms with E-state index in [4.69, 9.17) is 14.4 Å². The number of benzene rings is 7. The SMILES string of the molecule is c1ccc(-c2cc(-c3ccccc3)nc(-c3ccc4oc5cc6c7ccccc7c7ccccc7c6cc5c4c3)n2)cc1. The molecule has 0 aliphatic heterocycles. The molecular weight excluding hydrogens is 524 g/mol. The van der Waals surface area contributed by atoms with Crippen LogP contribution >= 0.6 is 0 Å². The summed E-state index contributed by atoms with van der Waals surface area (Å²) in [7, 11) is 0. The van der Waals surface area contributed by atoms with Gasteiger partial charge in [-0.1, -0.05) is 109 Å². The zero-order valence-corrected chi connectivity index (χ0v) is 23.2. The molecule has 9 aromatic rings. The van der Waals surface area contributed by atoms with Crippen LogP contribution in [0.5, 0.6) is 0 Å². The zero-order chi connectivity index (χ0) is 28.3. The van der Waals surface area contributed by atoms with Gasteiger partial charge in [0.1, 0.15) is 11.2 Å². The van der Waals surface area contributed by atoms with Gasteiger partial charge >= 0.3 is 0 Å². The molecule has 2 aromatic heterocycles. The minimum atomic E-state index is 0.689. The van der Waals surface area contributed by atoms with E-state index in [1.54, 1.807) is 0 Å². The monoisotopic (exact) mass is 548 g/mol. The van der Waals surface area contributed by atoms with Crippen molar-refractivity contribution in [1.29, 1.82) is 0 Å². The van der Waals surface area contributed by atoms with Crippen molar-refractivity contribution in [2.24, 2.45) is 0 Å². The molecule has 0 bridgehead atoms. The highest BCUT2D eigenvalue weighted by atomic mass is 16.3. The fourth-order valence-corrected chi connectivity index (χ4v) is 6.40. The maximum absolute atomic E-state index is 6.46. The van der Waals surface area contributed by atoms with Gasteiger partial charge < -0.3 is 4.42 Å². The van der Waals surface area contributed by atoms with Gasteiger partial charge in [0.25, 0.3) is 0 Å². The van der Waals surface area contributed by atoms with Crippen molar-refractivity contribution < 1.29 is 4.42 Å². The third kappa shape index (κ3) is 3.83. The van der Waals surface area contributed by atoms with Crippen LogP contribution in [0.15, 0.2) is 150 Å². The van der Waals surface area contributed by atoms with Crippen molar-refractivity contribution in [3.63, 3.8) is 0 Å². The molecule has 0 aliphatic rings. The number of nitrogens with zero attached hydrogens (tertiary/aromatic N) is 2. The maximum Gasteiger partial charge on any atom is 0.160 e. The normalized spacial score (nSPS) is 11.7. The van der Waals surface area contributed by atoms with Crippen molar-refractivity contribution in [2.75, 3.05) is 0 Å². The molecule has 3 nitrogen and oxygen atoms in total. The lowest BCUT2D eigenvalue weighted by Gasteiger charge is -2.10. The van der Waals surface area contributed by atoms with Crippen molar-refractivity contribution >= 4 is 54.3 Å². The van der Waals surface area contributed by atoms with E-state index in [1.807, 2.05) is 42.5 Å². The Hall–Kier alpha value is -5.80. The van der Waals surface area contributed by atoms with Crippen LogP contribution in [0.25, 0.3) is 88.2 Å². The van der Waals surface area contributed by atoms with Crippen molar-refractivity contribution in [2.45, 2.75) is 0 Å². The molecular formula is C40H24N2O. The topological polar surface area (TPSA) is 38.9 Å². The maximum atomic E-state index is 6.46. The standard InChI is InChI=1S/C40H24N2O/c1-3-11-25(12-4-1)36-24-37(26-13-5-2-6-14-26)42-40(41-36)27-19-20-38-34(21-27)35-22-32-30-17-9-7-15-28(30)29-16-8-10-18-31(29)33(32)23-39(35)43-38/h1-24H. The predicted octanol–water partition coefficient (Wildman–Crippen LogP) is 10.8. The summed E-state index contributed by atoms with van der Waals surface area (Å²) in [6.07, 6.45) is 0. The number of rotatable bonds is 3. The molecule has 0 N–H and O–H groups in total. The third-order valence-corrected chi connectivity index (χ3v) is 8.46. The molecule has 3 heteroatoms. The average molecular weight is 549 g/mol. The van der Waals surface area contributed by atoms with Crippen LogP contribution in [0, 0.1) is 0 Å². The summed E-state index contributed by atoms with van der Waals surface area (Å²) in [5, 5.41) is 9.57. The van der Waals surface area contributed by atoms with Crippen molar-refractivity contribution in [3.8, 4) is 33.9 Å². The molecule has 0 fully saturated rings. The fraction of sp³-hybridized carbons (Fsp3) is 0. The van der Waals surface area contributed by atoms with E-state index in [9.17, 15) is 0 Å². The first-order chi connectivity index (χ1) is 21.3. The Kier molecular flexibility index (Phi) is 5.20. The van der Waals surface area contributed by atoms with Gasteiger partial charge in [0.2, 0.25) is 0 Å². The molecule has 0 amide bonds. The molecule has 0 saturated heterocycles. The number of hydrogen-bond donors (Lipinski definition) is 0. The Morgan fingerprint density at radius 1 is 0.326 bits per heavy atom. The molecule has 200 valence electrons. The minimum absolute atomic E-state index is 0.689. The summed E-state index contributed by atoms with van der Waals surface area (Å²) in [6.45, 7) is 0. The van der Waals surface area contributed by atoms with E-state index in [0.29, 0.717) is 5.82 Å². The van der Waals surface area contributed by atoms with Crippen LogP contribution in [0.3, 0.4) is 0 Å². The third-order valence-electron chi connectivity index (χ3n) is 8.46. The lowest BCUT2D eigenvalue weighted by atomic mass is 9.93. The van der Waals surface area contributed by atoms with Gasteiger partial charge in [-0.2, -0.15) is 0 Å². The molecule has 43 heavy (non-hydrogen) atoms. The van der Waals surface area contributed by atoms with Crippen molar-refractivity contribution in [3.05, 3.63) is 146 Å². The van der Waals surface area contributed by atoms with Gasteiger partial charge in [0.05, 0.1) is 11.4 Å². The average Bonchev–Trinajstić information content (AvgIpc) is 3.45. The zero-order valence-electron chi connectivity index (χ0n) is 23.2. The summed E-state index contributed by atoms with van der Waals surface area (Å²) in [6, 6.07) is 50.7. The second-order valence-electron chi connectivity index (χ2n) is 11.0. The first-order valence-corrected chi connectivity index (χ1v) is 14.5. The quantitative estimate of drug-likeness (QED) is 0.206. The second kappa shape index (κ2) is 9.37. The molecule has 0 saturated carbocycles. The number of fused-ring (bicyclic) bond motifs is 9. The van der Waals surface area contributed by atoms with Crippen LogP contribution in [0.4, 0.5) is 0 Å². The van der Waals surface area contributed by atoms with E-state index < -0.39 is 0 Å². The highest BCUT2D eigenvalue weighted by molar-refractivity contribution is 6.28. The van der Waals surface area contributed by atoms with Gasteiger partial charge in [-0.25, -0.2) is 9.97 Å². The summed E-state index contributed by atoms with van der Waals surface area (Å²) in [4.78, 5) is 10.1. The van der Waals surface area contributed by atoms with Crippen LogP contribution in [0.1, 0.15) is 0 Å². The van der Waals surface area contributed by atoms with E-state index in [1.165, 1.54) is 32.3 Å². The number of hydrogen-bond acceptors (Lipinski definition) is 3. The van der Waals surface area contributed by atoms with Crippen LogP contribution < -0.4 is 0 Å². The Morgan fingerprint density at radius 2 is 0.814 bits per heavy atom. The summed E-state index contributed by atoms with van der Waals surface area (Å²) >= 11 is 0. The Bertz CT molecular complexity index is 2440. The molecule has 0 atom stereocenters. The molecule has 0 spiro atoms. The van der Waals surface area contributed by atoms with Gasteiger partial charge in [-0.15, -0.1) is 0 Å². The van der Waals surface area contributed by atoms with Gasteiger partial charge in [-0.05, 0) is 68.7 Å². The molecule has 0 radical (unpaired) electrons. The van der Waals surface area contributed by atoms with Gasteiger partial charge in [0, 0.05) is 27.5 Å². The number of furan rings is 1. The highest BCUT2D eigenvalue weighted by Gasteiger charge is 2.16. The molecule has 2 heterocycles. The smallest absolute Gasteiger partial charge is 0.160 e. The summed E-state index contributed by atoms with van der Waals surface area (Å²) in [5.41, 5.74) is 6.59. The Morgan fingerprint density at radius 3 is 1.40 bits per heavy atom. The molecule has 0 unspecified atom stereocenters.